The molecular formula is C12H19NOS. The van der Waals surface area contributed by atoms with Crippen molar-refractivity contribution in [3.63, 3.8) is 0 Å². The van der Waals surface area contributed by atoms with Crippen LogP contribution in [-0.2, 0) is 0 Å². The molecule has 2 nitrogen and oxygen atoms in total. The molecule has 0 spiro atoms. The van der Waals surface area contributed by atoms with Crippen molar-refractivity contribution >= 4 is 11.8 Å². The fraction of sp³-hybridized carbons (Fsp3) is 0.500. The van der Waals surface area contributed by atoms with E-state index in [2.05, 4.69) is 31.3 Å². The van der Waals surface area contributed by atoms with Gasteiger partial charge in [0.25, 0.3) is 0 Å². The molecule has 1 atom stereocenters. The minimum absolute atomic E-state index is 0.581. The molecule has 0 aliphatic heterocycles. The van der Waals surface area contributed by atoms with Crippen LogP contribution < -0.4 is 10.1 Å². The lowest BCUT2D eigenvalue weighted by atomic mass is 10.3. The third-order valence-corrected chi connectivity index (χ3v) is 3.16. The van der Waals surface area contributed by atoms with E-state index in [9.17, 15) is 0 Å². The molecule has 1 N–H and O–H groups in total. The van der Waals surface area contributed by atoms with Gasteiger partial charge in [-0.05, 0) is 24.7 Å². The molecule has 1 unspecified atom stereocenters. The van der Waals surface area contributed by atoms with Crippen molar-refractivity contribution in [1.82, 2.24) is 5.32 Å². The molecule has 15 heavy (non-hydrogen) atoms. The Balaban J connectivity index is 2.48. The highest BCUT2D eigenvalue weighted by molar-refractivity contribution is 8.00. The third-order valence-electron chi connectivity index (χ3n) is 2.06. The molecule has 1 rings (SSSR count). The van der Waals surface area contributed by atoms with Gasteiger partial charge in [-0.1, -0.05) is 19.9 Å². The zero-order chi connectivity index (χ0) is 11.1. The van der Waals surface area contributed by atoms with Crippen LogP contribution in [0.4, 0.5) is 0 Å². The van der Waals surface area contributed by atoms with Crippen molar-refractivity contribution in [3.8, 4) is 5.75 Å². The lowest BCUT2D eigenvalue weighted by Crippen LogP contribution is -2.21. The van der Waals surface area contributed by atoms with E-state index in [0.717, 1.165) is 18.8 Å². The van der Waals surface area contributed by atoms with Gasteiger partial charge in [-0.25, -0.2) is 0 Å². The van der Waals surface area contributed by atoms with Crippen LogP contribution in [0.15, 0.2) is 29.2 Å². The normalized spacial score (nSPS) is 12.5. The summed E-state index contributed by atoms with van der Waals surface area (Å²) in [7, 11) is 1.70. The third kappa shape index (κ3) is 4.58. The molecule has 3 heteroatoms. The second-order valence-corrected chi connectivity index (χ2v) is 4.93. The van der Waals surface area contributed by atoms with E-state index in [4.69, 9.17) is 4.74 Å². The van der Waals surface area contributed by atoms with E-state index in [1.54, 1.807) is 7.11 Å². The van der Waals surface area contributed by atoms with Crippen LogP contribution in [-0.4, -0.2) is 25.4 Å². The monoisotopic (exact) mass is 225 g/mol. The van der Waals surface area contributed by atoms with Crippen molar-refractivity contribution in [2.24, 2.45) is 0 Å². The first kappa shape index (κ1) is 12.4. The second kappa shape index (κ2) is 6.75. The van der Waals surface area contributed by atoms with Crippen LogP contribution in [0.25, 0.3) is 0 Å². The van der Waals surface area contributed by atoms with Crippen LogP contribution in [0.3, 0.4) is 0 Å². The molecule has 1 aromatic rings. The van der Waals surface area contributed by atoms with E-state index in [1.165, 1.54) is 4.90 Å². The number of nitrogens with one attached hydrogen (secondary N) is 1. The van der Waals surface area contributed by atoms with Gasteiger partial charge in [0, 0.05) is 16.7 Å². The minimum atomic E-state index is 0.581. The summed E-state index contributed by atoms with van der Waals surface area (Å²) in [5.41, 5.74) is 0. The molecule has 0 radical (unpaired) electrons. The molecule has 1 aromatic carbocycles. The summed E-state index contributed by atoms with van der Waals surface area (Å²) in [6.07, 6.45) is 0. The lowest BCUT2D eigenvalue weighted by molar-refractivity contribution is 0.413. The Hall–Kier alpha value is -0.670. The molecule has 0 saturated heterocycles. The molecule has 0 fully saturated rings. The van der Waals surface area contributed by atoms with Crippen LogP contribution in [0.5, 0.6) is 5.75 Å². The molecule has 0 saturated carbocycles. The average molecular weight is 225 g/mol. The molecule has 0 amide bonds. The van der Waals surface area contributed by atoms with Gasteiger partial charge in [0.05, 0.1) is 7.11 Å². The Morgan fingerprint density at radius 2 is 2.27 bits per heavy atom. The number of ether oxygens (including phenoxy) is 1. The minimum Gasteiger partial charge on any atom is -0.497 e. The maximum atomic E-state index is 5.19. The Morgan fingerprint density at radius 3 is 2.93 bits per heavy atom. The fourth-order valence-electron chi connectivity index (χ4n) is 1.30. The first-order valence-electron chi connectivity index (χ1n) is 5.27. The van der Waals surface area contributed by atoms with Crippen molar-refractivity contribution in [1.29, 1.82) is 0 Å². The summed E-state index contributed by atoms with van der Waals surface area (Å²) in [5.74, 6) is 0.927. The second-order valence-electron chi connectivity index (χ2n) is 3.42. The predicted octanol–water partition coefficient (Wildman–Crippen LogP) is 2.79. The lowest BCUT2D eigenvalue weighted by Gasteiger charge is -2.11. The summed E-state index contributed by atoms with van der Waals surface area (Å²) in [5, 5.41) is 3.93. The molecule has 0 heterocycles. The first-order chi connectivity index (χ1) is 7.26. The number of methoxy groups -OCH3 is 1. The van der Waals surface area contributed by atoms with Gasteiger partial charge in [0.2, 0.25) is 0 Å². The molecule has 0 aliphatic rings. The fourth-order valence-corrected chi connectivity index (χ4v) is 2.30. The van der Waals surface area contributed by atoms with E-state index in [1.807, 2.05) is 23.9 Å². The van der Waals surface area contributed by atoms with Gasteiger partial charge in [-0.15, -0.1) is 11.8 Å². The summed E-state index contributed by atoms with van der Waals surface area (Å²) in [6.45, 7) is 6.43. The molecule has 84 valence electrons. The molecule has 0 bridgehead atoms. The van der Waals surface area contributed by atoms with Crippen LogP contribution >= 0.6 is 11.8 Å². The zero-order valence-electron chi connectivity index (χ0n) is 9.62. The molecule has 0 aliphatic carbocycles. The van der Waals surface area contributed by atoms with Gasteiger partial charge in [0.1, 0.15) is 5.75 Å². The van der Waals surface area contributed by atoms with Crippen LogP contribution in [0.1, 0.15) is 13.8 Å². The highest BCUT2D eigenvalue weighted by atomic mass is 32.2. The zero-order valence-corrected chi connectivity index (χ0v) is 10.4. The summed E-state index contributed by atoms with van der Waals surface area (Å²) < 4.78 is 5.19. The summed E-state index contributed by atoms with van der Waals surface area (Å²) in [6, 6.07) is 8.20. The van der Waals surface area contributed by atoms with Crippen LogP contribution in [0, 0.1) is 0 Å². The van der Waals surface area contributed by atoms with Gasteiger partial charge >= 0.3 is 0 Å². The van der Waals surface area contributed by atoms with E-state index in [0.29, 0.717) is 5.25 Å². The Bertz CT molecular complexity index is 291. The number of thioether (sulfide) groups is 1. The number of rotatable bonds is 6. The van der Waals surface area contributed by atoms with Gasteiger partial charge in [0.15, 0.2) is 0 Å². The van der Waals surface area contributed by atoms with Crippen molar-refractivity contribution in [3.05, 3.63) is 24.3 Å². The first-order valence-corrected chi connectivity index (χ1v) is 6.15. The highest BCUT2D eigenvalue weighted by Crippen LogP contribution is 2.26. The van der Waals surface area contributed by atoms with E-state index in [-0.39, 0.29) is 0 Å². The Morgan fingerprint density at radius 1 is 1.47 bits per heavy atom. The Labute approximate surface area is 96.4 Å². The van der Waals surface area contributed by atoms with Crippen molar-refractivity contribution < 1.29 is 4.74 Å². The van der Waals surface area contributed by atoms with E-state index < -0.39 is 0 Å². The predicted molar refractivity (Wildman–Crippen MR) is 66.9 cm³/mol. The molecular weight excluding hydrogens is 206 g/mol. The van der Waals surface area contributed by atoms with Gasteiger partial charge in [-0.3, -0.25) is 0 Å². The van der Waals surface area contributed by atoms with Crippen molar-refractivity contribution in [2.45, 2.75) is 24.0 Å². The number of benzene rings is 1. The summed E-state index contributed by atoms with van der Waals surface area (Å²) in [4.78, 5) is 1.26. The van der Waals surface area contributed by atoms with Gasteiger partial charge in [-0.2, -0.15) is 0 Å². The maximum Gasteiger partial charge on any atom is 0.119 e. The van der Waals surface area contributed by atoms with Crippen LogP contribution in [0.2, 0.25) is 0 Å². The SMILES string of the molecule is CCNCC(C)Sc1cccc(OC)c1. The van der Waals surface area contributed by atoms with Crippen molar-refractivity contribution in [2.75, 3.05) is 20.2 Å². The quantitative estimate of drug-likeness (QED) is 0.752. The summed E-state index contributed by atoms with van der Waals surface area (Å²) >= 11 is 1.87. The van der Waals surface area contributed by atoms with Gasteiger partial charge < -0.3 is 10.1 Å². The molecule has 0 aromatic heterocycles. The standard InChI is InChI=1S/C12H19NOS/c1-4-13-9-10(2)15-12-7-5-6-11(8-12)14-3/h5-8,10,13H,4,9H2,1-3H3. The largest absolute Gasteiger partial charge is 0.497 e. The number of hydrogen-bond acceptors (Lipinski definition) is 3. The average Bonchev–Trinajstić information content (AvgIpc) is 2.26. The highest BCUT2D eigenvalue weighted by Gasteiger charge is 2.04. The van der Waals surface area contributed by atoms with E-state index >= 15 is 0 Å². The topological polar surface area (TPSA) is 21.3 Å². The Kier molecular flexibility index (Phi) is 5.58. The number of hydrogen-bond donors (Lipinski definition) is 1. The maximum absolute atomic E-state index is 5.19. The smallest absolute Gasteiger partial charge is 0.119 e.